The molecule has 0 fully saturated rings. The highest BCUT2D eigenvalue weighted by Crippen LogP contribution is 2.16. The molecule has 0 bridgehead atoms. The molecule has 0 aromatic heterocycles. The van der Waals surface area contributed by atoms with E-state index in [1.165, 1.54) is 12.1 Å². The summed E-state index contributed by atoms with van der Waals surface area (Å²) in [4.78, 5) is 11.2. The fourth-order valence-corrected chi connectivity index (χ4v) is 1.39. The molecule has 0 radical (unpaired) electrons. The van der Waals surface area contributed by atoms with Gasteiger partial charge >= 0.3 is 12.2 Å². The van der Waals surface area contributed by atoms with E-state index in [0.717, 1.165) is 0 Å². The monoisotopic (exact) mass is 278 g/mol. The number of carbonyl (C=O) groups excluding carboxylic acids is 1. The number of hydrogen-bond donors (Lipinski definition) is 2. The molecule has 1 rings (SSSR count). The van der Waals surface area contributed by atoms with Crippen LogP contribution in [0.4, 0.5) is 22.4 Å². The van der Waals surface area contributed by atoms with Crippen molar-refractivity contribution in [3.8, 4) is 0 Å². The molecule has 0 saturated heterocycles. The second kappa shape index (κ2) is 5.90. The van der Waals surface area contributed by atoms with Gasteiger partial charge in [0.25, 0.3) is 0 Å². The minimum Gasteiger partial charge on any atom is -0.332 e. The van der Waals surface area contributed by atoms with Crippen molar-refractivity contribution in [2.45, 2.75) is 26.1 Å². The van der Waals surface area contributed by atoms with Gasteiger partial charge < -0.3 is 10.6 Å². The molecule has 1 unspecified atom stereocenters. The summed E-state index contributed by atoms with van der Waals surface area (Å²) in [5, 5.41) is 3.98. The molecule has 0 spiro atoms. The van der Waals surface area contributed by atoms with Gasteiger partial charge in [-0.3, -0.25) is 0 Å². The number of aryl methyl sites for hydroxylation is 1. The number of urea groups is 1. The molecule has 2 amide bonds. The van der Waals surface area contributed by atoms with Gasteiger partial charge in [0, 0.05) is 0 Å². The van der Waals surface area contributed by atoms with Crippen molar-refractivity contribution < 1.29 is 22.4 Å². The van der Waals surface area contributed by atoms with Crippen LogP contribution in [0.3, 0.4) is 0 Å². The molecule has 3 nitrogen and oxygen atoms in total. The smallest absolute Gasteiger partial charge is 0.332 e. The van der Waals surface area contributed by atoms with Crippen molar-refractivity contribution in [2.75, 3.05) is 6.54 Å². The SMILES string of the molecule is Cc1ccc(C(C)NC(=O)NCC(F)(F)F)cc1F. The number of halogens is 4. The summed E-state index contributed by atoms with van der Waals surface area (Å²) in [6.07, 6.45) is -4.46. The van der Waals surface area contributed by atoms with Crippen LogP contribution < -0.4 is 10.6 Å². The van der Waals surface area contributed by atoms with Crippen molar-refractivity contribution in [3.63, 3.8) is 0 Å². The maximum atomic E-state index is 13.3. The van der Waals surface area contributed by atoms with E-state index in [-0.39, 0.29) is 0 Å². The molecular formula is C12H14F4N2O. The Balaban J connectivity index is 2.56. The first-order valence-corrected chi connectivity index (χ1v) is 5.56. The van der Waals surface area contributed by atoms with Gasteiger partial charge in [-0.2, -0.15) is 13.2 Å². The maximum Gasteiger partial charge on any atom is 0.405 e. The van der Waals surface area contributed by atoms with Crippen LogP contribution in [-0.4, -0.2) is 18.8 Å². The molecule has 0 saturated carbocycles. The predicted octanol–water partition coefficient (Wildman–Crippen LogP) is 3.06. The molecule has 0 heterocycles. The fraction of sp³-hybridized carbons (Fsp3) is 0.417. The van der Waals surface area contributed by atoms with Gasteiger partial charge in [0.05, 0.1) is 6.04 Å². The molecule has 1 aromatic rings. The summed E-state index contributed by atoms with van der Waals surface area (Å²) in [7, 11) is 0. The summed E-state index contributed by atoms with van der Waals surface area (Å²) in [5.74, 6) is -0.429. The second-order valence-corrected chi connectivity index (χ2v) is 4.17. The zero-order chi connectivity index (χ0) is 14.6. The highest BCUT2D eigenvalue weighted by Gasteiger charge is 2.27. The summed E-state index contributed by atoms with van der Waals surface area (Å²) in [5.41, 5.74) is 0.933. The fourth-order valence-electron chi connectivity index (χ4n) is 1.39. The Hall–Kier alpha value is -1.79. The second-order valence-electron chi connectivity index (χ2n) is 4.17. The Morgan fingerprint density at radius 1 is 1.37 bits per heavy atom. The average Bonchev–Trinajstić information content (AvgIpc) is 2.29. The Labute approximate surface area is 108 Å². The van der Waals surface area contributed by atoms with E-state index in [9.17, 15) is 22.4 Å². The quantitative estimate of drug-likeness (QED) is 0.820. The lowest BCUT2D eigenvalue weighted by atomic mass is 10.1. The van der Waals surface area contributed by atoms with Crippen LogP contribution in [0.15, 0.2) is 18.2 Å². The third-order valence-corrected chi connectivity index (χ3v) is 2.49. The first-order valence-electron chi connectivity index (χ1n) is 5.56. The molecular weight excluding hydrogens is 264 g/mol. The average molecular weight is 278 g/mol. The van der Waals surface area contributed by atoms with Crippen LogP contribution in [0.1, 0.15) is 24.1 Å². The molecule has 7 heteroatoms. The van der Waals surface area contributed by atoms with E-state index in [2.05, 4.69) is 5.32 Å². The summed E-state index contributed by atoms with van der Waals surface area (Å²) >= 11 is 0. The van der Waals surface area contributed by atoms with Gasteiger partial charge in [0.2, 0.25) is 0 Å². The lowest BCUT2D eigenvalue weighted by Gasteiger charge is -2.16. The lowest BCUT2D eigenvalue weighted by molar-refractivity contribution is -0.122. The third kappa shape index (κ3) is 5.15. The number of nitrogens with one attached hydrogen (secondary N) is 2. The largest absolute Gasteiger partial charge is 0.405 e. The number of amides is 2. The molecule has 0 aliphatic rings. The third-order valence-electron chi connectivity index (χ3n) is 2.49. The number of rotatable bonds is 3. The number of alkyl halides is 3. The summed E-state index contributed by atoms with van der Waals surface area (Å²) in [6, 6.07) is 2.84. The van der Waals surface area contributed by atoms with E-state index in [0.29, 0.717) is 11.1 Å². The molecule has 0 aliphatic carbocycles. The molecule has 0 aliphatic heterocycles. The number of hydrogen-bond acceptors (Lipinski definition) is 1. The van der Waals surface area contributed by atoms with Gasteiger partial charge in [-0.05, 0) is 31.0 Å². The highest BCUT2D eigenvalue weighted by atomic mass is 19.4. The van der Waals surface area contributed by atoms with Gasteiger partial charge in [-0.1, -0.05) is 12.1 Å². The Morgan fingerprint density at radius 3 is 2.53 bits per heavy atom. The molecule has 106 valence electrons. The van der Waals surface area contributed by atoms with Crippen molar-refractivity contribution >= 4 is 6.03 Å². The number of benzene rings is 1. The van der Waals surface area contributed by atoms with Crippen molar-refractivity contribution in [1.29, 1.82) is 0 Å². The predicted molar refractivity (Wildman–Crippen MR) is 62.1 cm³/mol. The van der Waals surface area contributed by atoms with Crippen LogP contribution in [-0.2, 0) is 0 Å². The van der Waals surface area contributed by atoms with Crippen LogP contribution in [0.5, 0.6) is 0 Å². The first kappa shape index (κ1) is 15.3. The van der Waals surface area contributed by atoms with Gasteiger partial charge in [0.15, 0.2) is 0 Å². The summed E-state index contributed by atoms with van der Waals surface area (Å²) < 4.78 is 48.9. The Bertz CT molecular complexity index is 460. The standard InChI is InChI=1S/C12H14F4N2O/c1-7-3-4-9(5-10(7)13)8(2)18-11(19)17-6-12(14,15)16/h3-5,8H,6H2,1-2H3,(H2,17,18,19). The van der Waals surface area contributed by atoms with Gasteiger partial charge in [0.1, 0.15) is 12.4 Å². The summed E-state index contributed by atoms with van der Waals surface area (Å²) in [6.45, 7) is 1.73. The lowest BCUT2D eigenvalue weighted by Crippen LogP contribution is -2.41. The molecule has 19 heavy (non-hydrogen) atoms. The Morgan fingerprint density at radius 2 is 2.00 bits per heavy atom. The van der Waals surface area contributed by atoms with E-state index < -0.39 is 30.6 Å². The molecule has 2 N–H and O–H groups in total. The van der Waals surface area contributed by atoms with E-state index in [1.54, 1.807) is 25.2 Å². The minimum atomic E-state index is -4.46. The van der Waals surface area contributed by atoms with E-state index in [4.69, 9.17) is 0 Å². The van der Waals surface area contributed by atoms with E-state index >= 15 is 0 Å². The highest BCUT2D eigenvalue weighted by molar-refractivity contribution is 5.74. The first-order chi connectivity index (χ1) is 8.69. The van der Waals surface area contributed by atoms with Crippen LogP contribution in [0, 0.1) is 12.7 Å². The van der Waals surface area contributed by atoms with Crippen LogP contribution in [0.25, 0.3) is 0 Å². The van der Waals surface area contributed by atoms with Crippen molar-refractivity contribution in [2.24, 2.45) is 0 Å². The topological polar surface area (TPSA) is 41.1 Å². The molecule has 1 atom stereocenters. The van der Waals surface area contributed by atoms with Crippen LogP contribution in [0.2, 0.25) is 0 Å². The maximum absolute atomic E-state index is 13.3. The van der Waals surface area contributed by atoms with Gasteiger partial charge in [-0.25, -0.2) is 9.18 Å². The normalized spacial score (nSPS) is 12.9. The van der Waals surface area contributed by atoms with Gasteiger partial charge in [-0.15, -0.1) is 0 Å². The Kier molecular flexibility index (Phi) is 4.74. The zero-order valence-electron chi connectivity index (χ0n) is 10.4. The minimum absolute atomic E-state index is 0.429. The van der Waals surface area contributed by atoms with E-state index in [1.807, 2.05) is 0 Å². The zero-order valence-corrected chi connectivity index (χ0v) is 10.4. The van der Waals surface area contributed by atoms with Crippen molar-refractivity contribution in [3.05, 3.63) is 35.1 Å². The number of carbonyl (C=O) groups is 1. The van der Waals surface area contributed by atoms with Crippen LogP contribution >= 0.6 is 0 Å². The molecule has 1 aromatic carbocycles. The van der Waals surface area contributed by atoms with Crippen molar-refractivity contribution in [1.82, 2.24) is 10.6 Å².